The summed E-state index contributed by atoms with van der Waals surface area (Å²) >= 11 is 3.25. The Bertz CT molecular complexity index is 741. The number of aromatic amines is 1. The largest absolute Gasteiger partial charge is 0.453 e. The van der Waals surface area contributed by atoms with E-state index in [2.05, 4.69) is 25.5 Å². The Morgan fingerprint density at radius 3 is 2.68 bits per heavy atom. The van der Waals surface area contributed by atoms with Gasteiger partial charge in [-0.15, -0.1) is 0 Å². The predicted octanol–water partition coefficient (Wildman–Crippen LogP) is 3.57. The van der Waals surface area contributed by atoms with Crippen molar-refractivity contribution in [3.05, 3.63) is 45.4 Å². The number of ether oxygens (including phenoxy) is 1. The van der Waals surface area contributed by atoms with E-state index in [1.807, 2.05) is 19.9 Å². The fraction of sp³-hybridized carbons (Fsp3) is 0.375. The van der Waals surface area contributed by atoms with Crippen LogP contribution in [-0.4, -0.2) is 27.9 Å². The van der Waals surface area contributed by atoms with Gasteiger partial charge in [-0.05, 0) is 54.8 Å². The second-order valence-corrected chi connectivity index (χ2v) is 6.53. The number of aromatic nitrogens is 2. The molecule has 0 aliphatic heterocycles. The molecular weight excluding hydrogens is 348 g/mol. The number of nitrogens with zero attached hydrogens (tertiary/aromatic N) is 1. The molecule has 0 atom stereocenters. The highest BCUT2D eigenvalue weighted by Crippen LogP contribution is 2.38. The van der Waals surface area contributed by atoms with Crippen molar-refractivity contribution in [3.63, 3.8) is 0 Å². The van der Waals surface area contributed by atoms with Crippen LogP contribution in [0.15, 0.2) is 22.8 Å². The number of halogens is 1. The summed E-state index contributed by atoms with van der Waals surface area (Å²) in [4.78, 5) is 26.9. The van der Waals surface area contributed by atoms with E-state index in [0.717, 1.165) is 15.9 Å². The Morgan fingerprint density at radius 1 is 1.36 bits per heavy atom. The van der Waals surface area contributed by atoms with Crippen molar-refractivity contribution < 1.29 is 14.3 Å². The molecule has 6 heteroatoms. The lowest BCUT2D eigenvalue weighted by atomic mass is 10.1. The first kappa shape index (κ1) is 15.1. The van der Waals surface area contributed by atoms with Crippen LogP contribution in [0.5, 0.6) is 0 Å². The molecule has 1 saturated carbocycles. The van der Waals surface area contributed by atoms with E-state index >= 15 is 0 Å². The van der Waals surface area contributed by atoms with Gasteiger partial charge in [-0.1, -0.05) is 0 Å². The maximum absolute atomic E-state index is 12.3. The van der Waals surface area contributed by atoms with Crippen molar-refractivity contribution in [2.75, 3.05) is 6.61 Å². The van der Waals surface area contributed by atoms with Crippen LogP contribution in [0.1, 0.15) is 51.1 Å². The van der Waals surface area contributed by atoms with Gasteiger partial charge in [0.25, 0.3) is 0 Å². The van der Waals surface area contributed by atoms with Crippen LogP contribution in [-0.2, 0) is 4.74 Å². The summed E-state index contributed by atoms with van der Waals surface area (Å²) in [6, 6.07) is 4.03. The summed E-state index contributed by atoms with van der Waals surface area (Å²) in [5, 5.41) is 0. The summed E-state index contributed by atoms with van der Waals surface area (Å²) in [7, 11) is 0. The van der Waals surface area contributed by atoms with E-state index in [1.54, 1.807) is 12.3 Å². The molecule has 22 heavy (non-hydrogen) atoms. The number of Topliss-reactive ketones (excluding diaryl/α,β-unsaturated/α-hetero) is 1. The second kappa shape index (κ2) is 5.76. The molecule has 1 N–H and O–H groups in total. The topological polar surface area (TPSA) is 64.1 Å². The fourth-order valence-electron chi connectivity index (χ4n) is 2.73. The lowest BCUT2D eigenvalue weighted by Crippen LogP contribution is -2.15. The highest BCUT2D eigenvalue weighted by Gasteiger charge is 2.28. The minimum Gasteiger partial charge on any atom is -0.453 e. The van der Waals surface area contributed by atoms with Crippen LogP contribution >= 0.6 is 15.9 Å². The van der Waals surface area contributed by atoms with Gasteiger partial charge in [0, 0.05) is 33.7 Å². The van der Waals surface area contributed by atoms with Gasteiger partial charge in [0.05, 0.1) is 0 Å². The average molecular weight is 365 g/mol. The van der Waals surface area contributed by atoms with E-state index in [-0.39, 0.29) is 12.4 Å². The SMILES string of the molecule is Cc1cc(C(=O)COC(=O)c2cc(Br)c[nH]2)c(C)n1C1CC1. The van der Waals surface area contributed by atoms with Crippen LogP contribution in [0.3, 0.4) is 0 Å². The Labute approximate surface area is 136 Å². The van der Waals surface area contributed by atoms with Gasteiger partial charge in [-0.2, -0.15) is 0 Å². The van der Waals surface area contributed by atoms with Crippen LogP contribution in [0.25, 0.3) is 0 Å². The number of aryl methyl sites for hydroxylation is 1. The number of esters is 1. The quantitative estimate of drug-likeness (QED) is 0.651. The van der Waals surface area contributed by atoms with Crippen molar-refractivity contribution in [3.8, 4) is 0 Å². The van der Waals surface area contributed by atoms with Crippen molar-refractivity contribution in [1.29, 1.82) is 0 Å². The summed E-state index contributed by atoms with van der Waals surface area (Å²) in [6.45, 7) is 3.71. The first-order valence-electron chi connectivity index (χ1n) is 7.20. The van der Waals surface area contributed by atoms with Crippen molar-refractivity contribution in [2.24, 2.45) is 0 Å². The number of ketones is 1. The van der Waals surface area contributed by atoms with Gasteiger partial charge in [0.15, 0.2) is 6.61 Å². The van der Waals surface area contributed by atoms with Crippen molar-refractivity contribution in [1.82, 2.24) is 9.55 Å². The zero-order valence-electron chi connectivity index (χ0n) is 12.5. The monoisotopic (exact) mass is 364 g/mol. The number of H-pyrrole nitrogens is 1. The average Bonchev–Trinajstić information content (AvgIpc) is 3.14. The molecule has 2 aromatic rings. The minimum atomic E-state index is -0.532. The number of rotatable bonds is 5. The lowest BCUT2D eigenvalue weighted by Gasteiger charge is -2.07. The van der Waals surface area contributed by atoms with Crippen LogP contribution < -0.4 is 0 Å². The molecule has 1 aliphatic rings. The first-order valence-corrected chi connectivity index (χ1v) is 7.99. The number of hydrogen-bond acceptors (Lipinski definition) is 3. The predicted molar refractivity (Wildman–Crippen MR) is 85.3 cm³/mol. The van der Waals surface area contributed by atoms with Gasteiger partial charge in [0.2, 0.25) is 5.78 Å². The zero-order chi connectivity index (χ0) is 15.9. The Kier molecular flexibility index (Phi) is 3.95. The standard InChI is InChI=1S/C16H17BrN2O3/c1-9-5-13(10(2)19(9)12-3-4-12)15(20)8-22-16(21)14-6-11(17)7-18-14/h5-7,12,18H,3-4,8H2,1-2H3. The Morgan fingerprint density at radius 2 is 2.09 bits per heavy atom. The highest BCUT2D eigenvalue weighted by atomic mass is 79.9. The number of carbonyl (C=O) groups excluding carboxylic acids is 2. The summed E-state index contributed by atoms with van der Waals surface area (Å²) < 4.78 is 8.06. The molecule has 1 aliphatic carbocycles. The zero-order valence-corrected chi connectivity index (χ0v) is 14.1. The maximum atomic E-state index is 12.3. The highest BCUT2D eigenvalue weighted by molar-refractivity contribution is 9.10. The van der Waals surface area contributed by atoms with Crippen molar-refractivity contribution in [2.45, 2.75) is 32.7 Å². The number of nitrogens with one attached hydrogen (secondary N) is 1. The van der Waals surface area contributed by atoms with Crippen LogP contribution in [0.4, 0.5) is 0 Å². The smallest absolute Gasteiger partial charge is 0.355 e. The molecule has 0 radical (unpaired) electrons. The molecule has 0 bridgehead atoms. The van der Waals surface area contributed by atoms with E-state index in [0.29, 0.717) is 17.3 Å². The normalized spacial score (nSPS) is 14.1. The van der Waals surface area contributed by atoms with Gasteiger partial charge in [-0.3, -0.25) is 4.79 Å². The maximum Gasteiger partial charge on any atom is 0.355 e. The Hall–Kier alpha value is -1.82. The van der Waals surface area contributed by atoms with Gasteiger partial charge in [-0.25, -0.2) is 4.79 Å². The molecule has 2 aromatic heterocycles. The van der Waals surface area contributed by atoms with Crippen LogP contribution in [0.2, 0.25) is 0 Å². The molecule has 0 aromatic carbocycles. The second-order valence-electron chi connectivity index (χ2n) is 5.62. The molecular formula is C16H17BrN2O3. The molecule has 5 nitrogen and oxygen atoms in total. The van der Waals surface area contributed by atoms with Gasteiger partial charge < -0.3 is 14.3 Å². The third-order valence-electron chi connectivity index (χ3n) is 3.90. The minimum absolute atomic E-state index is 0.168. The van der Waals surface area contributed by atoms with Gasteiger partial charge in [0.1, 0.15) is 5.69 Å². The van der Waals surface area contributed by atoms with E-state index < -0.39 is 5.97 Å². The molecule has 0 amide bonds. The Balaban J connectivity index is 1.67. The molecule has 2 heterocycles. The molecule has 0 spiro atoms. The molecule has 0 saturated heterocycles. The third-order valence-corrected chi connectivity index (χ3v) is 4.36. The van der Waals surface area contributed by atoms with E-state index in [1.165, 1.54) is 12.8 Å². The molecule has 1 fully saturated rings. The summed E-state index contributed by atoms with van der Waals surface area (Å²) in [5.41, 5.74) is 3.01. The fourth-order valence-corrected chi connectivity index (χ4v) is 3.07. The molecule has 0 unspecified atom stereocenters. The third kappa shape index (κ3) is 2.88. The number of hydrogen-bond donors (Lipinski definition) is 1. The number of carbonyl (C=O) groups is 2. The van der Waals surface area contributed by atoms with E-state index in [9.17, 15) is 9.59 Å². The van der Waals surface area contributed by atoms with Crippen molar-refractivity contribution >= 4 is 27.7 Å². The molecule has 3 rings (SSSR count). The molecule has 116 valence electrons. The van der Waals surface area contributed by atoms with Gasteiger partial charge >= 0.3 is 5.97 Å². The summed E-state index contributed by atoms with van der Waals surface area (Å²) in [6.07, 6.45) is 3.98. The summed E-state index contributed by atoms with van der Waals surface area (Å²) in [5.74, 6) is -0.700. The first-order chi connectivity index (χ1) is 10.5. The lowest BCUT2D eigenvalue weighted by molar-refractivity contribution is 0.0469. The van der Waals surface area contributed by atoms with E-state index in [4.69, 9.17) is 4.74 Å². The van der Waals surface area contributed by atoms with Crippen LogP contribution in [0, 0.1) is 13.8 Å².